The van der Waals surface area contributed by atoms with Crippen molar-refractivity contribution >= 4 is 28.3 Å². The molecule has 2 N–H and O–H groups in total. The molecule has 21 heavy (non-hydrogen) atoms. The van der Waals surface area contributed by atoms with Crippen molar-refractivity contribution in [1.82, 2.24) is 9.55 Å². The van der Waals surface area contributed by atoms with Crippen LogP contribution in [0.3, 0.4) is 0 Å². The smallest absolute Gasteiger partial charge is 0.141 e. The molecule has 0 radical (unpaired) electrons. The first kappa shape index (κ1) is 14.0. The van der Waals surface area contributed by atoms with Gasteiger partial charge in [-0.1, -0.05) is 17.7 Å². The van der Waals surface area contributed by atoms with Gasteiger partial charge in [-0.25, -0.2) is 4.98 Å². The molecular weight excluding hydrogens is 282 g/mol. The molecule has 0 fully saturated rings. The van der Waals surface area contributed by atoms with Gasteiger partial charge < -0.3 is 10.3 Å². The van der Waals surface area contributed by atoms with Crippen molar-refractivity contribution in [2.24, 2.45) is 0 Å². The van der Waals surface area contributed by atoms with Crippen LogP contribution >= 0.6 is 11.6 Å². The average Bonchev–Trinajstić information content (AvgIpc) is 2.75. The van der Waals surface area contributed by atoms with Crippen LogP contribution in [0.25, 0.3) is 22.4 Å². The van der Waals surface area contributed by atoms with Gasteiger partial charge in [0.2, 0.25) is 0 Å². The second-order valence-corrected chi connectivity index (χ2v) is 6.10. The Morgan fingerprint density at radius 1 is 1.14 bits per heavy atom. The van der Waals surface area contributed by atoms with Crippen molar-refractivity contribution in [2.75, 3.05) is 5.73 Å². The molecule has 3 aromatic rings. The van der Waals surface area contributed by atoms with Gasteiger partial charge in [0.05, 0.1) is 11.0 Å². The fraction of sp³-hybridized carbons (Fsp3) is 0.235. The Morgan fingerprint density at radius 2 is 1.90 bits per heavy atom. The fourth-order valence-electron chi connectivity index (χ4n) is 2.68. The summed E-state index contributed by atoms with van der Waals surface area (Å²) >= 11 is 6.14. The van der Waals surface area contributed by atoms with Crippen molar-refractivity contribution in [3.05, 3.63) is 47.0 Å². The molecule has 0 aliphatic carbocycles. The minimum Gasteiger partial charge on any atom is -0.399 e. The molecule has 3 rings (SSSR count). The van der Waals surface area contributed by atoms with E-state index < -0.39 is 0 Å². The van der Waals surface area contributed by atoms with E-state index in [1.165, 1.54) is 5.56 Å². The summed E-state index contributed by atoms with van der Waals surface area (Å²) in [6, 6.07) is 12.2. The number of halogens is 1. The summed E-state index contributed by atoms with van der Waals surface area (Å²) in [4.78, 5) is 4.80. The lowest BCUT2D eigenvalue weighted by Crippen LogP contribution is -2.03. The summed E-state index contributed by atoms with van der Waals surface area (Å²) in [5, 5.41) is 0.628. The quantitative estimate of drug-likeness (QED) is 0.689. The molecule has 0 saturated heterocycles. The Morgan fingerprint density at radius 3 is 2.57 bits per heavy atom. The van der Waals surface area contributed by atoms with Crippen molar-refractivity contribution < 1.29 is 0 Å². The molecule has 1 heterocycles. The zero-order chi connectivity index (χ0) is 15.1. The number of benzene rings is 2. The fourth-order valence-corrected chi connectivity index (χ4v) is 2.92. The van der Waals surface area contributed by atoms with Crippen molar-refractivity contribution in [2.45, 2.75) is 26.8 Å². The number of imidazole rings is 1. The third-order valence-corrected chi connectivity index (χ3v) is 3.76. The van der Waals surface area contributed by atoms with Gasteiger partial charge in [0.25, 0.3) is 0 Å². The molecule has 0 aliphatic rings. The maximum atomic E-state index is 6.14. The first-order chi connectivity index (χ1) is 9.95. The predicted molar refractivity (Wildman–Crippen MR) is 89.7 cm³/mol. The van der Waals surface area contributed by atoms with Gasteiger partial charge in [-0.05, 0) is 56.7 Å². The van der Waals surface area contributed by atoms with Crippen LogP contribution < -0.4 is 5.73 Å². The third-order valence-electron chi connectivity index (χ3n) is 3.54. The minimum absolute atomic E-state index is 0.299. The molecule has 0 atom stereocenters. The number of hydrogen-bond donors (Lipinski definition) is 1. The number of aryl methyl sites for hydroxylation is 1. The molecule has 0 aliphatic heterocycles. The van der Waals surface area contributed by atoms with Crippen LogP contribution in [0.5, 0.6) is 0 Å². The van der Waals surface area contributed by atoms with Gasteiger partial charge in [0.1, 0.15) is 5.82 Å². The number of aromatic nitrogens is 2. The van der Waals surface area contributed by atoms with E-state index in [0.29, 0.717) is 16.8 Å². The van der Waals surface area contributed by atoms with Crippen molar-refractivity contribution in [1.29, 1.82) is 0 Å². The molecule has 4 heteroatoms. The van der Waals surface area contributed by atoms with E-state index in [4.69, 9.17) is 22.3 Å². The Balaban J connectivity index is 2.33. The van der Waals surface area contributed by atoms with Gasteiger partial charge >= 0.3 is 0 Å². The highest BCUT2D eigenvalue weighted by Gasteiger charge is 2.15. The number of nitrogens with two attached hydrogens (primary N) is 1. The van der Waals surface area contributed by atoms with E-state index in [1.54, 1.807) is 6.07 Å². The van der Waals surface area contributed by atoms with E-state index in [1.807, 2.05) is 12.1 Å². The number of rotatable bonds is 2. The Hall–Kier alpha value is -2.00. The highest BCUT2D eigenvalue weighted by molar-refractivity contribution is 6.31. The van der Waals surface area contributed by atoms with Gasteiger partial charge in [-0.2, -0.15) is 0 Å². The minimum atomic E-state index is 0.299. The Bertz CT molecular complexity index is 798. The van der Waals surface area contributed by atoms with E-state index in [2.05, 4.69) is 43.5 Å². The number of hydrogen-bond acceptors (Lipinski definition) is 2. The van der Waals surface area contributed by atoms with Crippen molar-refractivity contribution in [3.63, 3.8) is 0 Å². The van der Waals surface area contributed by atoms with Crippen LogP contribution in [0.4, 0.5) is 5.69 Å². The van der Waals surface area contributed by atoms with Gasteiger partial charge in [0, 0.05) is 22.3 Å². The molecule has 1 aromatic heterocycles. The zero-order valence-corrected chi connectivity index (χ0v) is 13.1. The molecule has 0 unspecified atom stereocenters. The van der Waals surface area contributed by atoms with Gasteiger partial charge in [-0.3, -0.25) is 0 Å². The third kappa shape index (κ3) is 2.49. The standard InChI is InChI=1S/C17H18ClN3/c1-10(2)21-16-5-4-11(3)6-15(16)20-17(21)12-7-13(18)9-14(19)8-12/h4-10H,19H2,1-3H3. The molecule has 2 aromatic carbocycles. The number of anilines is 1. The van der Waals surface area contributed by atoms with Crippen LogP contribution in [-0.2, 0) is 0 Å². The molecular formula is C17H18ClN3. The van der Waals surface area contributed by atoms with Crippen LogP contribution in [0.1, 0.15) is 25.5 Å². The highest BCUT2D eigenvalue weighted by Crippen LogP contribution is 2.31. The molecule has 3 nitrogen and oxygen atoms in total. The van der Waals surface area contributed by atoms with Crippen molar-refractivity contribution in [3.8, 4) is 11.4 Å². The Labute approximate surface area is 129 Å². The molecule has 108 valence electrons. The predicted octanol–water partition coefficient (Wildman–Crippen LogP) is 4.83. The van der Waals surface area contributed by atoms with Crippen LogP contribution in [0, 0.1) is 6.92 Å². The zero-order valence-electron chi connectivity index (χ0n) is 12.4. The lowest BCUT2D eigenvalue weighted by molar-refractivity contribution is 0.624. The maximum Gasteiger partial charge on any atom is 0.141 e. The summed E-state index contributed by atoms with van der Waals surface area (Å²) in [7, 11) is 0. The summed E-state index contributed by atoms with van der Waals surface area (Å²) in [5.74, 6) is 0.903. The summed E-state index contributed by atoms with van der Waals surface area (Å²) in [6.45, 7) is 6.38. The van der Waals surface area contributed by atoms with E-state index in [0.717, 1.165) is 22.4 Å². The second-order valence-electron chi connectivity index (χ2n) is 5.66. The molecule has 0 saturated carbocycles. The largest absolute Gasteiger partial charge is 0.399 e. The normalized spacial score (nSPS) is 11.5. The molecule has 0 bridgehead atoms. The number of nitrogen functional groups attached to an aromatic ring is 1. The van der Waals surface area contributed by atoms with Crippen LogP contribution in [-0.4, -0.2) is 9.55 Å². The summed E-state index contributed by atoms with van der Waals surface area (Å²) in [6.07, 6.45) is 0. The van der Waals surface area contributed by atoms with E-state index in [9.17, 15) is 0 Å². The van der Waals surface area contributed by atoms with Crippen LogP contribution in [0.15, 0.2) is 36.4 Å². The highest BCUT2D eigenvalue weighted by atomic mass is 35.5. The molecule has 0 amide bonds. The van der Waals surface area contributed by atoms with E-state index >= 15 is 0 Å². The SMILES string of the molecule is Cc1ccc2c(c1)nc(-c1cc(N)cc(Cl)c1)n2C(C)C. The lowest BCUT2D eigenvalue weighted by Gasteiger charge is -2.13. The summed E-state index contributed by atoms with van der Waals surface area (Å²) < 4.78 is 2.22. The molecule has 0 spiro atoms. The maximum absolute atomic E-state index is 6.14. The first-order valence-electron chi connectivity index (χ1n) is 7.01. The van der Waals surface area contributed by atoms with Crippen LogP contribution in [0.2, 0.25) is 5.02 Å². The number of fused-ring (bicyclic) bond motifs is 1. The summed E-state index contributed by atoms with van der Waals surface area (Å²) in [5.41, 5.74) is 10.8. The topological polar surface area (TPSA) is 43.8 Å². The Kier molecular flexibility index (Phi) is 3.38. The first-order valence-corrected chi connectivity index (χ1v) is 7.38. The van der Waals surface area contributed by atoms with Gasteiger partial charge in [-0.15, -0.1) is 0 Å². The monoisotopic (exact) mass is 299 g/mol. The number of nitrogens with zero attached hydrogens (tertiary/aromatic N) is 2. The second kappa shape index (κ2) is 5.08. The lowest BCUT2D eigenvalue weighted by atomic mass is 10.2. The van der Waals surface area contributed by atoms with E-state index in [-0.39, 0.29) is 0 Å². The average molecular weight is 300 g/mol. The van der Waals surface area contributed by atoms with Gasteiger partial charge in [0.15, 0.2) is 0 Å².